The highest BCUT2D eigenvalue weighted by Crippen LogP contribution is 1.98. The second-order valence-electron chi connectivity index (χ2n) is 5.37. The Bertz CT molecular complexity index is 344. The van der Waals surface area contributed by atoms with Gasteiger partial charge in [-0.3, -0.25) is 9.59 Å². The molecule has 1 atom stereocenters. The number of ether oxygens (including phenoxy) is 4. The average molecular weight is 395 g/mol. The van der Waals surface area contributed by atoms with Crippen molar-refractivity contribution in [3.63, 3.8) is 0 Å². The minimum absolute atomic E-state index is 0.0880. The average Bonchev–Trinajstić information content (AvgIpc) is 2.67. The highest BCUT2D eigenvalue weighted by Gasteiger charge is 2.10. The van der Waals surface area contributed by atoms with Crippen molar-refractivity contribution < 1.29 is 33.6 Å². The monoisotopic (exact) mass is 394 g/mol. The van der Waals surface area contributed by atoms with Crippen molar-refractivity contribution in [1.82, 2.24) is 5.32 Å². The van der Waals surface area contributed by atoms with Crippen LogP contribution in [0.3, 0.4) is 0 Å². The van der Waals surface area contributed by atoms with Gasteiger partial charge in [0, 0.05) is 20.1 Å². The molecule has 1 amide bonds. The maximum absolute atomic E-state index is 11.5. The summed E-state index contributed by atoms with van der Waals surface area (Å²) in [5.74, 6) is -1.08. The van der Waals surface area contributed by atoms with Gasteiger partial charge in [0.2, 0.25) is 5.91 Å². The van der Waals surface area contributed by atoms with Crippen molar-refractivity contribution >= 4 is 11.9 Å². The molecule has 0 aromatic heterocycles. The van der Waals surface area contributed by atoms with Crippen molar-refractivity contribution in [2.45, 2.75) is 45.6 Å². The van der Waals surface area contributed by atoms with Crippen LogP contribution in [0.4, 0.5) is 0 Å². The van der Waals surface area contributed by atoms with E-state index in [0.717, 1.165) is 0 Å². The summed E-state index contributed by atoms with van der Waals surface area (Å²) in [5, 5.41) is 11.4. The van der Waals surface area contributed by atoms with E-state index in [-0.39, 0.29) is 12.3 Å². The minimum Gasteiger partial charge on any atom is -0.480 e. The fourth-order valence-corrected chi connectivity index (χ4v) is 1.78. The van der Waals surface area contributed by atoms with E-state index in [9.17, 15) is 9.59 Å². The summed E-state index contributed by atoms with van der Waals surface area (Å²) in [5.41, 5.74) is 5.38. The fourth-order valence-electron chi connectivity index (χ4n) is 1.78. The van der Waals surface area contributed by atoms with Crippen molar-refractivity contribution in [2.75, 3.05) is 59.9 Å². The molecule has 0 aliphatic carbocycles. The van der Waals surface area contributed by atoms with Gasteiger partial charge in [0.05, 0.1) is 46.2 Å². The molecule has 9 nitrogen and oxygen atoms in total. The number of nitrogens with two attached hydrogens (primary N) is 1. The SMILES string of the molecule is CC.COCCOCCOCCOCCC(=O)NCCCC[C@H](N)C(=O)O. The second kappa shape index (κ2) is 22.8. The van der Waals surface area contributed by atoms with Crippen molar-refractivity contribution in [1.29, 1.82) is 0 Å². The summed E-state index contributed by atoms with van der Waals surface area (Å²) in [6, 6.07) is -0.830. The van der Waals surface area contributed by atoms with Gasteiger partial charge in [0.1, 0.15) is 6.04 Å². The predicted octanol–water partition coefficient (Wildman–Crippen LogP) is 0.797. The van der Waals surface area contributed by atoms with Crippen LogP contribution in [0.1, 0.15) is 39.5 Å². The van der Waals surface area contributed by atoms with Crippen LogP contribution in [-0.2, 0) is 28.5 Å². The first-order valence-corrected chi connectivity index (χ1v) is 9.55. The zero-order valence-corrected chi connectivity index (χ0v) is 17.0. The van der Waals surface area contributed by atoms with Crippen LogP contribution < -0.4 is 11.1 Å². The summed E-state index contributed by atoms with van der Waals surface area (Å²) < 4.78 is 20.7. The number of methoxy groups -OCH3 is 1. The van der Waals surface area contributed by atoms with Gasteiger partial charge in [-0.15, -0.1) is 0 Å². The van der Waals surface area contributed by atoms with Crippen LogP contribution in [0.5, 0.6) is 0 Å². The van der Waals surface area contributed by atoms with Gasteiger partial charge in [0.25, 0.3) is 0 Å². The maximum Gasteiger partial charge on any atom is 0.320 e. The lowest BCUT2D eigenvalue weighted by atomic mass is 10.1. The van der Waals surface area contributed by atoms with Crippen molar-refractivity contribution in [2.24, 2.45) is 5.73 Å². The third kappa shape index (κ3) is 22.7. The molecular weight excluding hydrogens is 356 g/mol. The standard InChI is InChI=1S/C16H32N2O7.C2H6/c1-22-8-9-24-12-13-25-11-10-23-7-5-15(19)18-6-3-2-4-14(17)16(20)21;1-2/h14H,2-13,17H2,1H3,(H,18,19)(H,20,21);1-2H3/t14-;/m0./s1. The molecule has 4 N–H and O–H groups in total. The molecule has 0 aliphatic rings. The molecule has 0 heterocycles. The Kier molecular flexibility index (Phi) is 23.6. The quantitative estimate of drug-likeness (QED) is 0.291. The smallest absolute Gasteiger partial charge is 0.320 e. The zero-order valence-electron chi connectivity index (χ0n) is 17.0. The third-order valence-electron chi connectivity index (χ3n) is 3.23. The van der Waals surface area contributed by atoms with E-state index in [1.807, 2.05) is 13.8 Å². The molecule has 0 aromatic carbocycles. The Balaban J connectivity index is 0. The van der Waals surface area contributed by atoms with Gasteiger partial charge < -0.3 is 35.1 Å². The molecule has 0 saturated heterocycles. The zero-order chi connectivity index (χ0) is 20.8. The molecule has 27 heavy (non-hydrogen) atoms. The molecule has 0 rings (SSSR count). The Hall–Kier alpha value is -1.26. The summed E-state index contributed by atoms with van der Waals surface area (Å²) >= 11 is 0. The summed E-state index contributed by atoms with van der Waals surface area (Å²) in [4.78, 5) is 22.1. The van der Waals surface area contributed by atoms with Crippen LogP contribution in [0.15, 0.2) is 0 Å². The number of nitrogens with one attached hydrogen (secondary N) is 1. The second-order valence-corrected chi connectivity index (χ2v) is 5.37. The first-order chi connectivity index (χ1) is 13.1. The lowest BCUT2D eigenvalue weighted by molar-refractivity contribution is -0.138. The van der Waals surface area contributed by atoms with Crippen molar-refractivity contribution in [3.05, 3.63) is 0 Å². The van der Waals surface area contributed by atoms with E-state index in [1.165, 1.54) is 0 Å². The molecule has 0 fully saturated rings. The molecule has 0 bridgehead atoms. The maximum atomic E-state index is 11.5. The van der Waals surface area contributed by atoms with Crippen molar-refractivity contribution in [3.8, 4) is 0 Å². The minimum atomic E-state index is -0.996. The Labute approximate surface area is 162 Å². The number of carbonyl (C=O) groups is 2. The third-order valence-corrected chi connectivity index (χ3v) is 3.23. The molecule has 0 radical (unpaired) electrons. The molecule has 0 saturated carbocycles. The van der Waals surface area contributed by atoms with E-state index in [1.54, 1.807) is 7.11 Å². The molecule has 0 unspecified atom stereocenters. The van der Waals surface area contributed by atoms with Crippen LogP contribution in [0.2, 0.25) is 0 Å². The summed E-state index contributed by atoms with van der Waals surface area (Å²) in [7, 11) is 1.62. The topological polar surface area (TPSA) is 129 Å². The Morgan fingerprint density at radius 1 is 0.926 bits per heavy atom. The van der Waals surface area contributed by atoms with Gasteiger partial charge in [-0.05, 0) is 19.3 Å². The van der Waals surface area contributed by atoms with E-state index >= 15 is 0 Å². The van der Waals surface area contributed by atoms with Gasteiger partial charge in [-0.2, -0.15) is 0 Å². The molecule has 9 heteroatoms. The largest absolute Gasteiger partial charge is 0.480 e. The van der Waals surface area contributed by atoms with Crippen LogP contribution in [0, 0.1) is 0 Å². The van der Waals surface area contributed by atoms with E-state index in [4.69, 9.17) is 29.8 Å². The van der Waals surface area contributed by atoms with Gasteiger partial charge in [0.15, 0.2) is 0 Å². The first-order valence-electron chi connectivity index (χ1n) is 9.55. The normalized spacial score (nSPS) is 11.4. The van der Waals surface area contributed by atoms with E-state index in [2.05, 4.69) is 5.32 Å². The summed E-state index contributed by atoms with van der Waals surface area (Å²) in [6.07, 6.45) is 2.06. The van der Waals surface area contributed by atoms with Crippen LogP contribution >= 0.6 is 0 Å². The number of carboxylic acids is 1. The van der Waals surface area contributed by atoms with Gasteiger partial charge in [-0.1, -0.05) is 13.8 Å². The Morgan fingerprint density at radius 3 is 1.96 bits per heavy atom. The predicted molar refractivity (Wildman–Crippen MR) is 103 cm³/mol. The van der Waals surface area contributed by atoms with Gasteiger partial charge in [-0.25, -0.2) is 0 Å². The number of unbranched alkanes of at least 4 members (excludes halogenated alkanes) is 1. The fraction of sp³-hybridized carbons (Fsp3) is 0.889. The number of aliphatic carboxylic acids is 1. The molecular formula is C18H38N2O7. The molecule has 0 aliphatic heterocycles. The lowest BCUT2D eigenvalue weighted by Gasteiger charge is -2.08. The first kappa shape index (κ1) is 28.0. The summed E-state index contributed by atoms with van der Waals surface area (Å²) in [6.45, 7) is 7.87. The van der Waals surface area contributed by atoms with E-state index in [0.29, 0.717) is 72.1 Å². The van der Waals surface area contributed by atoms with Crippen LogP contribution in [0.25, 0.3) is 0 Å². The highest BCUT2D eigenvalue weighted by molar-refractivity contribution is 5.75. The number of carboxylic acid groups (broad SMARTS) is 1. The number of hydrogen-bond acceptors (Lipinski definition) is 7. The number of carbonyl (C=O) groups excluding carboxylic acids is 1. The Morgan fingerprint density at radius 2 is 1.44 bits per heavy atom. The molecule has 0 spiro atoms. The molecule has 0 aromatic rings. The van der Waals surface area contributed by atoms with Gasteiger partial charge >= 0.3 is 5.97 Å². The highest BCUT2D eigenvalue weighted by atomic mass is 16.6. The van der Waals surface area contributed by atoms with E-state index < -0.39 is 12.0 Å². The molecule has 162 valence electrons. The lowest BCUT2D eigenvalue weighted by Crippen LogP contribution is -2.30. The number of rotatable bonds is 18. The number of hydrogen-bond donors (Lipinski definition) is 3. The number of amides is 1. The van der Waals surface area contributed by atoms with Crippen LogP contribution in [-0.4, -0.2) is 82.9 Å².